The monoisotopic (exact) mass is 394 g/mol. The van der Waals surface area contributed by atoms with Crippen molar-refractivity contribution in [3.8, 4) is 0 Å². The standard InChI is InChI=1S/C16H16Br2N2/c1-15(8-17)10-6-7-16(15,9-18)14-13(10)19-11-4-2-3-5-12(11)20-14/h2-5,10H,6-9H2,1H3/t10-,15-,16+/m1/s1. The van der Waals surface area contributed by atoms with Crippen LogP contribution in [-0.4, -0.2) is 20.6 Å². The van der Waals surface area contributed by atoms with Crippen molar-refractivity contribution < 1.29 is 0 Å². The Kier molecular flexibility index (Phi) is 2.81. The smallest absolute Gasteiger partial charge is 0.0890 e. The van der Waals surface area contributed by atoms with Crippen LogP contribution in [0.3, 0.4) is 0 Å². The number of aromatic nitrogens is 2. The lowest BCUT2D eigenvalue weighted by molar-refractivity contribution is 0.243. The largest absolute Gasteiger partial charge is 0.249 e. The maximum Gasteiger partial charge on any atom is 0.0890 e. The van der Waals surface area contributed by atoms with Crippen LogP contribution >= 0.6 is 31.9 Å². The molecule has 2 nitrogen and oxygen atoms in total. The van der Waals surface area contributed by atoms with E-state index in [1.54, 1.807) is 0 Å². The normalized spacial score (nSPS) is 34.6. The Balaban J connectivity index is 2.05. The summed E-state index contributed by atoms with van der Waals surface area (Å²) in [6.07, 6.45) is 2.44. The van der Waals surface area contributed by atoms with Crippen molar-refractivity contribution in [1.29, 1.82) is 0 Å². The van der Waals surface area contributed by atoms with Crippen LogP contribution < -0.4 is 0 Å². The predicted octanol–water partition coefficient (Wildman–Crippen LogP) is 4.55. The van der Waals surface area contributed by atoms with Crippen molar-refractivity contribution in [2.75, 3.05) is 10.7 Å². The molecule has 2 bridgehead atoms. The minimum atomic E-state index is 0.132. The van der Waals surface area contributed by atoms with Gasteiger partial charge in [-0.3, -0.25) is 0 Å². The number of halogens is 2. The molecule has 4 rings (SSSR count). The van der Waals surface area contributed by atoms with E-state index >= 15 is 0 Å². The number of hydrogen-bond donors (Lipinski definition) is 0. The van der Waals surface area contributed by atoms with Gasteiger partial charge in [0.25, 0.3) is 0 Å². The fourth-order valence-electron chi connectivity index (χ4n) is 4.27. The van der Waals surface area contributed by atoms with Gasteiger partial charge in [0, 0.05) is 22.0 Å². The van der Waals surface area contributed by atoms with Gasteiger partial charge in [0.15, 0.2) is 0 Å². The van der Waals surface area contributed by atoms with Crippen molar-refractivity contribution >= 4 is 42.9 Å². The van der Waals surface area contributed by atoms with E-state index in [1.165, 1.54) is 24.2 Å². The average molecular weight is 396 g/mol. The first-order valence-electron chi connectivity index (χ1n) is 7.05. The second-order valence-corrected chi connectivity index (χ2v) is 7.43. The molecule has 0 spiro atoms. The third-order valence-corrected chi connectivity index (χ3v) is 7.73. The molecular weight excluding hydrogens is 380 g/mol. The number of fused-ring (bicyclic) bond motifs is 6. The quantitative estimate of drug-likeness (QED) is 0.696. The van der Waals surface area contributed by atoms with Gasteiger partial charge in [-0.25, -0.2) is 9.97 Å². The van der Waals surface area contributed by atoms with Crippen molar-refractivity contribution in [1.82, 2.24) is 9.97 Å². The van der Waals surface area contributed by atoms with E-state index in [4.69, 9.17) is 9.97 Å². The van der Waals surface area contributed by atoms with E-state index in [0.717, 1.165) is 21.7 Å². The molecule has 1 heterocycles. The van der Waals surface area contributed by atoms with Crippen molar-refractivity contribution in [2.24, 2.45) is 5.41 Å². The summed E-state index contributed by atoms with van der Waals surface area (Å²) in [6, 6.07) is 8.23. The molecule has 0 aliphatic heterocycles. The molecular formula is C16H16Br2N2. The highest BCUT2D eigenvalue weighted by molar-refractivity contribution is 9.09. The highest BCUT2D eigenvalue weighted by Gasteiger charge is 2.65. The van der Waals surface area contributed by atoms with Gasteiger partial charge in [-0.1, -0.05) is 50.9 Å². The summed E-state index contributed by atoms with van der Waals surface area (Å²) < 4.78 is 0. The van der Waals surface area contributed by atoms with Crippen molar-refractivity contribution in [3.05, 3.63) is 35.7 Å². The Morgan fingerprint density at radius 1 is 1.15 bits per heavy atom. The first kappa shape index (κ1) is 13.2. The summed E-state index contributed by atoms with van der Waals surface area (Å²) >= 11 is 7.55. The maximum absolute atomic E-state index is 5.01. The molecule has 2 aliphatic rings. The summed E-state index contributed by atoms with van der Waals surface area (Å²) in [5, 5.41) is 1.98. The zero-order valence-corrected chi connectivity index (χ0v) is 14.5. The van der Waals surface area contributed by atoms with Gasteiger partial charge in [0.05, 0.1) is 22.4 Å². The zero-order chi connectivity index (χ0) is 14.0. The van der Waals surface area contributed by atoms with E-state index < -0.39 is 0 Å². The third-order valence-electron chi connectivity index (χ3n) is 5.61. The molecule has 1 aromatic heterocycles. The van der Waals surface area contributed by atoms with Crippen molar-refractivity contribution in [2.45, 2.75) is 31.1 Å². The molecule has 0 radical (unpaired) electrons. The molecule has 1 fully saturated rings. The highest BCUT2D eigenvalue weighted by atomic mass is 79.9. The number of alkyl halides is 2. The van der Waals surface area contributed by atoms with Gasteiger partial charge >= 0.3 is 0 Å². The average Bonchev–Trinajstić information content (AvgIpc) is 2.90. The predicted molar refractivity (Wildman–Crippen MR) is 88.9 cm³/mol. The van der Waals surface area contributed by atoms with Crippen LogP contribution in [0.2, 0.25) is 0 Å². The molecule has 0 saturated heterocycles. The van der Waals surface area contributed by atoms with Gasteiger partial charge < -0.3 is 0 Å². The van der Waals surface area contributed by atoms with Crippen LogP contribution in [0, 0.1) is 5.41 Å². The van der Waals surface area contributed by atoms with Crippen LogP contribution in [-0.2, 0) is 5.41 Å². The molecule has 4 heteroatoms. The molecule has 2 aliphatic carbocycles. The number of para-hydroxylation sites is 2. The summed E-state index contributed by atoms with van der Waals surface area (Å²) in [5.74, 6) is 0.534. The Labute approximate surface area is 135 Å². The fraction of sp³-hybridized carbons (Fsp3) is 0.500. The van der Waals surface area contributed by atoms with Crippen LogP contribution in [0.25, 0.3) is 11.0 Å². The van der Waals surface area contributed by atoms with Gasteiger partial charge in [-0.2, -0.15) is 0 Å². The third kappa shape index (κ3) is 1.35. The molecule has 0 N–H and O–H groups in total. The molecule has 0 amide bonds. The lowest BCUT2D eigenvalue weighted by atomic mass is 9.70. The molecule has 1 saturated carbocycles. The van der Waals surface area contributed by atoms with Crippen LogP contribution in [0.4, 0.5) is 0 Å². The number of hydrogen-bond acceptors (Lipinski definition) is 2. The first-order valence-corrected chi connectivity index (χ1v) is 9.30. The second-order valence-electron chi connectivity index (χ2n) is 6.30. The van der Waals surface area contributed by atoms with E-state index in [0.29, 0.717) is 5.92 Å². The van der Waals surface area contributed by atoms with Crippen LogP contribution in [0.5, 0.6) is 0 Å². The molecule has 104 valence electrons. The van der Waals surface area contributed by atoms with Crippen LogP contribution in [0.1, 0.15) is 37.1 Å². The lowest BCUT2D eigenvalue weighted by Crippen LogP contribution is -2.40. The SMILES string of the molecule is C[C@@]1(CBr)[C@@H]2CC[C@]1(CBr)c1nc3ccccc3nc12. The van der Waals surface area contributed by atoms with E-state index in [2.05, 4.69) is 50.9 Å². The first-order chi connectivity index (χ1) is 9.66. The summed E-state index contributed by atoms with van der Waals surface area (Å²) in [6.45, 7) is 2.40. The van der Waals surface area contributed by atoms with Gasteiger partial charge in [-0.15, -0.1) is 0 Å². The topological polar surface area (TPSA) is 25.8 Å². The minimum absolute atomic E-state index is 0.132. The number of nitrogens with zero attached hydrogens (tertiary/aromatic N) is 2. The fourth-order valence-corrected chi connectivity index (χ4v) is 6.38. The molecule has 2 aromatic rings. The maximum atomic E-state index is 5.01. The summed E-state index contributed by atoms with van der Waals surface area (Å²) in [5.41, 5.74) is 4.89. The highest BCUT2D eigenvalue weighted by Crippen LogP contribution is 2.68. The van der Waals surface area contributed by atoms with Crippen molar-refractivity contribution in [3.63, 3.8) is 0 Å². The second kappa shape index (κ2) is 4.26. The zero-order valence-electron chi connectivity index (χ0n) is 11.4. The Bertz CT molecular complexity index is 702. The molecule has 3 atom stereocenters. The summed E-state index contributed by atoms with van der Waals surface area (Å²) in [4.78, 5) is 9.98. The van der Waals surface area contributed by atoms with E-state index in [9.17, 15) is 0 Å². The van der Waals surface area contributed by atoms with E-state index in [-0.39, 0.29) is 10.8 Å². The molecule has 20 heavy (non-hydrogen) atoms. The van der Waals surface area contributed by atoms with Gasteiger partial charge in [-0.05, 0) is 30.4 Å². The Morgan fingerprint density at radius 2 is 1.85 bits per heavy atom. The van der Waals surface area contributed by atoms with Crippen LogP contribution in [0.15, 0.2) is 24.3 Å². The minimum Gasteiger partial charge on any atom is -0.249 e. The Morgan fingerprint density at radius 3 is 2.50 bits per heavy atom. The summed E-state index contributed by atoms with van der Waals surface area (Å²) in [7, 11) is 0. The molecule has 1 aromatic carbocycles. The van der Waals surface area contributed by atoms with Gasteiger partial charge in [0.2, 0.25) is 0 Å². The number of benzene rings is 1. The Hall–Kier alpha value is -0.480. The van der Waals surface area contributed by atoms with E-state index in [1.807, 2.05) is 12.1 Å². The number of rotatable bonds is 2. The molecule has 0 unspecified atom stereocenters. The van der Waals surface area contributed by atoms with Gasteiger partial charge in [0.1, 0.15) is 0 Å². The lowest BCUT2D eigenvalue weighted by Gasteiger charge is -2.38.